The van der Waals surface area contributed by atoms with E-state index in [-0.39, 0.29) is 18.1 Å². The Balaban J connectivity index is 2.00. The predicted molar refractivity (Wildman–Crippen MR) is 91.1 cm³/mol. The quantitative estimate of drug-likeness (QED) is 0.733. The number of rotatable bonds is 5. The van der Waals surface area contributed by atoms with E-state index in [1.54, 1.807) is 23.5 Å². The van der Waals surface area contributed by atoms with Crippen LogP contribution in [0.5, 0.6) is 0 Å². The van der Waals surface area contributed by atoms with E-state index in [0.717, 1.165) is 9.47 Å². The average molecular weight is 368 g/mol. The number of halogens is 1. The Kier molecular flexibility index (Phi) is 5.42. The zero-order valence-electron chi connectivity index (χ0n) is 12.2. The molecule has 1 aromatic carbocycles. The number of nitrogens with one attached hydrogen (secondary N) is 1. The second-order valence-corrected chi connectivity index (χ2v) is 7.53. The molecule has 0 amide bonds. The van der Waals surface area contributed by atoms with E-state index in [1.807, 2.05) is 32.0 Å². The second kappa shape index (κ2) is 7.09. The van der Waals surface area contributed by atoms with Crippen LogP contribution in [0.25, 0.3) is 0 Å². The Hall–Kier alpha value is -1.33. The molecular weight excluding hydrogens is 350 g/mol. The van der Waals surface area contributed by atoms with Gasteiger partial charge in [0.15, 0.2) is 0 Å². The highest BCUT2D eigenvalue weighted by Gasteiger charge is 2.11. The summed E-state index contributed by atoms with van der Waals surface area (Å²) in [6.45, 7) is 5.79. The summed E-state index contributed by atoms with van der Waals surface area (Å²) in [5.74, 6) is -0.285. The van der Waals surface area contributed by atoms with Crippen molar-refractivity contribution >= 4 is 38.9 Å². The molecule has 0 saturated heterocycles. The molecule has 21 heavy (non-hydrogen) atoms. The number of thiophene rings is 1. The number of esters is 1. The van der Waals surface area contributed by atoms with Crippen LogP contribution < -0.4 is 5.32 Å². The van der Waals surface area contributed by atoms with E-state index < -0.39 is 0 Å². The van der Waals surface area contributed by atoms with E-state index in [4.69, 9.17) is 4.74 Å². The first-order valence-corrected chi connectivity index (χ1v) is 8.39. The summed E-state index contributed by atoms with van der Waals surface area (Å²) in [6.07, 6.45) is -0.104. The monoisotopic (exact) mass is 367 g/mol. The first kappa shape index (κ1) is 16.0. The highest BCUT2D eigenvalue weighted by molar-refractivity contribution is 9.11. The third kappa shape index (κ3) is 4.58. The third-order valence-electron chi connectivity index (χ3n) is 2.87. The highest BCUT2D eigenvalue weighted by atomic mass is 79.9. The van der Waals surface area contributed by atoms with Crippen molar-refractivity contribution in [2.24, 2.45) is 0 Å². The van der Waals surface area contributed by atoms with Gasteiger partial charge in [0.05, 0.1) is 21.5 Å². The number of carbonyl (C=O) groups is 1. The van der Waals surface area contributed by atoms with Gasteiger partial charge in [-0.3, -0.25) is 0 Å². The fraction of sp³-hybridized carbons (Fsp3) is 0.312. The Bertz CT molecular complexity index is 607. The van der Waals surface area contributed by atoms with E-state index in [9.17, 15) is 4.79 Å². The Labute approximate surface area is 137 Å². The summed E-state index contributed by atoms with van der Waals surface area (Å²) in [4.78, 5) is 13.0. The van der Waals surface area contributed by atoms with Crippen LogP contribution in [0, 0.1) is 0 Å². The van der Waals surface area contributed by atoms with Gasteiger partial charge in [-0.15, -0.1) is 11.3 Å². The van der Waals surface area contributed by atoms with E-state index >= 15 is 0 Å². The van der Waals surface area contributed by atoms with Crippen molar-refractivity contribution in [2.75, 3.05) is 5.32 Å². The van der Waals surface area contributed by atoms with Crippen molar-refractivity contribution < 1.29 is 9.53 Å². The molecule has 0 fully saturated rings. The van der Waals surface area contributed by atoms with Crippen LogP contribution >= 0.6 is 27.3 Å². The summed E-state index contributed by atoms with van der Waals surface area (Å²) >= 11 is 5.18. The molecule has 1 aromatic heterocycles. The Morgan fingerprint density at radius 1 is 1.14 bits per heavy atom. The number of hydrogen-bond donors (Lipinski definition) is 1. The number of benzene rings is 1. The fourth-order valence-electron chi connectivity index (χ4n) is 1.87. The van der Waals surface area contributed by atoms with Gasteiger partial charge < -0.3 is 10.1 Å². The molecular formula is C16H18BrNO2S. The lowest BCUT2D eigenvalue weighted by Gasteiger charge is -2.14. The molecule has 2 rings (SSSR count). The smallest absolute Gasteiger partial charge is 0.338 e. The number of hydrogen-bond acceptors (Lipinski definition) is 4. The molecule has 5 heteroatoms. The minimum absolute atomic E-state index is 0.104. The Morgan fingerprint density at radius 2 is 1.81 bits per heavy atom. The van der Waals surface area contributed by atoms with Gasteiger partial charge >= 0.3 is 5.97 Å². The first-order valence-electron chi connectivity index (χ1n) is 6.78. The average Bonchev–Trinajstić information content (AvgIpc) is 2.85. The molecule has 0 spiro atoms. The van der Waals surface area contributed by atoms with Gasteiger partial charge in [-0.1, -0.05) is 0 Å². The lowest BCUT2D eigenvalue weighted by molar-refractivity contribution is 0.0378. The van der Waals surface area contributed by atoms with Gasteiger partial charge in [-0.2, -0.15) is 0 Å². The molecule has 0 aliphatic rings. The minimum Gasteiger partial charge on any atom is -0.459 e. The van der Waals surface area contributed by atoms with Crippen molar-refractivity contribution in [1.82, 2.24) is 0 Å². The SMILES string of the molecule is CC(C)OC(=O)c1ccc(NC(C)c2ccc(Br)s2)cc1. The highest BCUT2D eigenvalue weighted by Crippen LogP contribution is 2.29. The summed E-state index contributed by atoms with van der Waals surface area (Å²) in [5.41, 5.74) is 1.55. The minimum atomic E-state index is -0.285. The van der Waals surface area contributed by atoms with Crippen molar-refractivity contribution in [3.8, 4) is 0 Å². The van der Waals surface area contributed by atoms with Gasteiger partial charge in [-0.25, -0.2) is 4.79 Å². The molecule has 0 radical (unpaired) electrons. The zero-order chi connectivity index (χ0) is 15.4. The Morgan fingerprint density at radius 3 is 2.33 bits per heavy atom. The van der Waals surface area contributed by atoms with Crippen LogP contribution in [-0.2, 0) is 4.74 Å². The van der Waals surface area contributed by atoms with Crippen LogP contribution in [0.2, 0.25) is 0 Å². The maximum Gasteiger partial charge on any atom is 0.338 e. The molecule has 0 saturated carbocycles. The van der Waals surface area contributed by atoms with Crippen LogP contribution in [-0.4, -0.2) is 12.1 Å². The first-order chi connectivity index (χ1) is 9.95. The van der Waals surface area contributed by atoms with E-state index in [1.165, 1.54) is 4.88 Å². The van der Waals surface area contributed by atoms with Crippen molar-refractivity contribution in [3.05, 3.63) is 50.6 Å². The van der Waals surface area contributed by atoms with Crippen molar-refractivity contribution in [1.29, 1.82) is 0 Å². The number of ether oxygens (including phenoxy) is 1. The van der Waals surface area contributed by atoms with Crippen LogP contribution in [0.3, 0.4) is 0 Å². The molecule has 0 bridgehead atoms. The molecule has 1 N–H and O–H groups in total. The number of anilines is 1. The van der Waals surface area contributed by atoms with Crippen molar-refractivity contribution in [3.63, 3.8) is 0 Å². The summed E-state index contributed by atoms with van der Waals surface area (Å²) in [7, 11) is 0. The molecule has 1 unspecified atom stereocenters. The maximum atomic E-state index is 11.8. The van der Waals surface area contributed by atoms with E-state index in [2.05, 4.69) is 34.2 Å². The fourth-order valence-corrected chi connectivity index (χ4v) is 3.29. The van der Waals surface area contributed by atoms with Gasteiger partial charge in [0.2, 0.25) is 0 Å². The molecule has 3 nitrogen and oxygen atoms in total. The zero-order valence-corrected chi connectivity index (χ0v) is 14.6. The summed E-state index contributed by atoms with van der Waals surface area (Å²) in [5, 5.41) is 3.42. The lowest BCUT2D eigenvalue weighted by atomic mass is 10.2. The van der Waals surface area contributed by atoms with Crippen molar-refractivity contribution in [2.45, 2.75) is 32.9 Å². The second-order valence-electron chi connectivity index (χ2n) is 5.04. The van der Waals surface area contributed by atoms with Gasteiger partial charge in [-0.05, 0) is 73.1 Å². The predicted octanol–water partition coefficient (Wildman–Crippen LogP) is 5.25. The largest absolute Gasteiger partial charge is 0.459 e. The molecule has 112 valence electrons. The molecule has 1 heterocycles. The third-order valence-corrected chi connectivity index (χ3v) is 4.67. The summed E-state index contributed by atoms with van der Waals surface area (Å²) in [6, 6.07) is 11.7. The van der Waals surface area contributed by atoms with Crippen LogP contribution in [0.1, 0.15) is 42.0 Å². The normalized spacial score (nSPS) is 12.2. The lowest BCUT2D eigenvalue weighted by Crippen LogP contribution is -2.11. The topological polar surface area (TPSA) is 38.3 Å². The standard InChI is InChI=1S/C16H18BrNO2S/c1-10(2)20-16(19)12-4-6-13(7-5-12)18-11(3)14-8-9-15(17)21-14/h4-11,18H,1-3H3. The molecule has 1 atom stereocenters. The van der Waals surface area contributed by atoms with Crippen LogP contribution in [0.15, 0.2) is 40.2 Å². The summed E-state index contributed by atoms with van der Waals surface area (Å²) < 4.78 is 6.29. The van der Waals surface area contributed by atoms with Gasteiger partial charge in [0, 0.05) is 10.6 Å². The van der Waals surface area contributed by atoms with Gasteiger partial charge in [0.1, 0.15) is 0 Å². The maximum absolute atomic E-state index is 11.8. The van der Waals surface area contributed by atoms with Crippen LogP contribution in [0.4, 0.5) is 5.69 Å². The molecule has 2 aromatic rings. The molecule has 0 aliphatic heterocycles. The van der Waals surface area contributed by atoms with Gasteiger partial charge in [0.25, 0.3) is 0 Å². The number of carbonyl (C=O) groups excluding carboxylic acids is 1. The molecule has 0 aliphatic carbocycles. The van der Waals surface area contributed by atoms with E-state index in [0.29, 0.717) is 5.56 Å².